The minimum absolute atomic E-state index is 0.0557. The summed E-state index contributed by atoms with van der Waals surface area (Å²) in [5, 5.41) is 3.10. The van der Waals surface area contributed by atoms with Crippen LogP contribution in [0, 0.1) is 0 Å². The van der Waals surface area contributed by atoms with Gasteiger partial charge in [0.2, 0.25) is 10.0 Å². The molecule has 1 heterocycles. The van der Waals surface area contributed by atoms with Gasteiger partial charge in [0, 0.05) is 32.0 Å². The van der Waals surface area contributed by atoms with E-state index < -0.39 is 10.0 Å². The number of rotatable bonds is 8. The Bertz CT molecular complexity index is 630. The largest absolute Gasteiger partial charge is 0.312 e. The Balaban J connectivity index is 1.69. The van der Waals surface area contributed by atoms with Crippen molar-refractivity contribution in [3.05, 3.63) is 66.0 Å². The fourth-order valence-electron chi connectivity index (χ4n) is 1.80. The van der Waals surface area contributed by atoms with E-state index in [9.17, 15) is 8.42 Å². The van der Waals surface area contributed by atoms with Crippen LogP contribution in [0.25, 0.3) is 0 Å². The number of aromatic nitrogens is 1. The third-order valence-electron chi connectivity index (χ3n) is 2.94. The van der Waals surface area contributed by atoms with Gasteiger partial charge in [0.05, 0.1) is 5.75 Å². The molecule has 0 aliphatic rings. The van der Waals surface area contributed by atoms with Gasteiger partial charge >= 0.3 is 0 Å². The van der Waals surface area contributed by atoms with E-state index in [0.717, 1.165) is 11.1 Å². The Morgan fingerprint density at radius 2 is 1.71 bits per heavy atom. The lowest BCUT2D eigenvalue weighted by Gasteiger charge is -2.08. The van der Waals surface area contributed by atoms with Gasteiger partial charge in [0.15, 0.2) is 0 Å². The van der Waals surface area contributed by atoms with Crippen molar-refractivity contribution in [3.63, 3.8) is 0 Å². The van der Waals surface area contributed by atoms with Crippen LogP contribution in [0.2, 0.25) is 0 Å². The minimum atomic E-state index is -3.26. The summed E-state index contributed by atoms with van der Waals surface area (Å²) in [6, 6.07) is 13.3. The number of hydrogen-bond donors (Lipinski definition) is 2. The molecule has 2 rings (SSSR count). The molecule has 0 aliphatic carbocycles. The SMILES string of the molecule is O=S(=O)(CCNCc1cccnc1)NCc1ccccc1. The van der Waals surface area contributed by atoms with Crippen LogP contribution < -0.4 is 10.0 Å². The highest BCUT2D eigenvalue weighted by Gasteiger charge is 2.09. The Morgan fingerprint density at radius 3 is 2.43 bits per heavy atom. The van der Waals surface area contributed by atoms with E-state index in [2.05, 4.69) is 15.0 Å². The van der Waals surface area contributed by atoms with Gasteiger partial charge in [0.25, 0.3) is 0 Å². The lowest BCUT2D eigenvalue weighted by atomic mass is 10.2. The Morgan fingerprint density at radius 1 is 0.952 bits per heavy atom. The first-order chi connectivity index (χ1) is 10.2. The van der Waals surface area contributed by atoms with Crippen molar-refractivity contribution in [1.29, 1.82) is 0 Å². The average Bonchev–Trinajstić information content (AvgIpc) is 2.52. The van der Waals surface area contributed by atoms with E-state index >= 15 is 0 Å². The van der Waals surface area contributed by atoms with Gasteiger partial charge in [-0.2, -0.15) is 0 Å². The Hall–Kier alpha value is -1.76. The van der Waals surface area contributed by atoms with Crippen LogP contribution in [-0.2, 0) is 23.1 Å². The molecule has 0 unspecified atom stereocenters. The van der Waals surface area contributed by atoms with Crippen LogP contribution >= 0.6 is 0 Å². The van der Waals surface area contributed by atoms with Crippen molar-refractivity contribution < 1.29 is 8.42 Å². The molecule has 6 heteroatoms. The predicted octanol–water partition coefficient (Wildman–Crippen LogP) is 1.29. The van der Waals surface area contributed by atoms with E-state index in [1.165, 1.54) is 0 Å². The second kappa shape index (κ2) is 7.87. The minimum Gasteiger partial charge on any atom is -0.312 e. The smallest absolute Gasteiger partial charge is 0.213 e. The van der Waals surface area contributed by atoms with E-state index in [4.69, 9.17) is 0 Å². The van der Waals surface area contributed by atoms with E-state index in [-0.39, 0.29) is 5.75 Å². The van der Waals surface area contributed by atoms with Crippen molar-refractivity contribution in [2.45, 2.75) is 13.1 Å². The molecule has 0 radical (unpaired) electrons. The van der Waals surface area contributed by atoms with Crippen LogP contribution in [-0.4, -0.2) is 25.7 Å². The summed E-state index contributed by atoms with van der Waals surface area (Å²) in [6.45, 7) is 1.34. The average molecular weight is 305 g/mol. The quantitative estimate of drug-likeness (QED) is 0.721. The molecule has 2 aromatic rings. The highest BCUT2D eigenvalue weighted by molar-refractivity contribution is 7.89. The summed E-state index contributed by atoms with van der Waals surface area (Å²) in [4.78, 5) is 4.00. The lowest BCUT2D eigenvalue weighted by Crippen LogP contribution is -2.31. The topological polar surface area (TPSA) is 71.1 Å². The van der Waals surface area contributed by atoms with Gasteiger partial charge in [-0.25, -0.2) is 13.1 Å². The zero-order chi connectivity index (χ0) is 15.0. The summed E-state index contributed by atoms with van der Waals surface area (Å²) >= 11 is 0. The molecule has 5 nitrogen and oxygen atoms in total. The molecule has 0 aliphatic heterocycles. The maximum Gasteiger partial charge on any atom is 0.213 e. The Labute approximate surface area is 125 Å². The van der Waals surface area contributed by atoms with Crippen LogP contribution in [0.1, 0.15) is 11.1 Å². The fourth-order valence-corrected chi connectivity index (χ4v) is 2.75. The maximum absolute atomic E-state index is 11.9. The molecular formula is C15H19N3O2S. The van der Waals surface area contributed by atoms with Crippen LogP contribution in [0.5, 0.6) is 0 Å². The standard InChI is InChI=1S/C15H19N3O2S/c19-21(20,18-13-14-5-2-1-3-6-14)10-9-17-12-15-7-4-8-16-11-15/h1-8,11,17-18H,9-10,12-13H2. The van der Waals surface area contributed by atoms with Crippen molar-refractivity contribution in [1.82, 2.24) is 15.0 Å². The predicted molar refractivity (Wildman–Crippen MR) is 83.0 cm³/mol. The third-order valence-corrected chi connectivity index (χ3v) is 4.26. The van der Waals surface area contributed by atoms with Gasteiger partial charge in [-0.1, -0.05) is 36.4 Å². The molecule has 112 valence electrons. The highest BCUT2D eigenvalue weighted by atomic mass is 32.2. The van der Waals surface area contributed by atoms with Crippen molar-refractivity contribution in [3.8, 4) is 0 Å². The van der Waals surface area contributed by atoms with E-state index in [0.29, 0.717) is 19.6 Å². The number of nitrogens with one attached hydrogen (secondary N) is 2. The summed E-state index contributed by atoms with van der Waals surface area (Å²) in [6.07, 6.45) is 3.47. The molecule has 0 atom stereocenters. The lowest BCUT2D eigenvalue weighted by molar-refractivity contribution is 0.576. The molecule has 0 saturated carbocycles. The number of benzene rings is 1. The molecule has 1 aromatic heterocycles. The molecular weight excluding hydrogens is 286 g/mol. The van der Waals surface area contributed by atoms with Crippen molar-refractivity contribution in [2.24, 2.45) is 0 Å². The van der Waals surface area contributed by atoms with Gasteiger partial charge < -0.3 is 5.32 Å². The van der Waals surface area contributed by atoms with Crippen LogP contribution in [0.15, 0.2) is 54.9 Å². The summed E-state index contributed by atoms with van der Waals surface area (Å²) in [5.74, 6) is 0.0557. The zero-order valence-corrected chi connectivity index (χ0v) is 12.5. The maximum atomic E-state index is 11.9. The third kappa shape index (κ3) is 6.03. The normalized spacial score (nSPS) is 11.4. The number of pyridine rings is 1. The molecule has 1 aromatic carbocycles. The molecule has 21 heavy (non-hydrogen) atoms. The van der Waals surface area contributed by atoms with E-state index in [1.54, 1.807) is 12.4 Å². The van der Waals surface area contributed by atoms with Crippen LogP contribution in [0.3, 0.4) is 0 Å². The first kappa shape index (κ1) is 15.6. The molecule has 0 amide bonds. The number of hydrogen-bond acceptors (Lipinski definition) is 4. The summed E-state index contributed by atoms with van der Waals surface area (Å²) in [5.41, 5.74) is 1.98. The number of nitrogens with zero attached hydrogens (tertiary/aromatic N) is 1. The molecule has 0 fully saturated rings. The second-order valence-corrected chi connectivity index (χ2v) is 6.59. The summed E-state index contributed by atoms with van der Waals surface area (Å²) in [7, 11) is -3.26. The zero-order valence-electron chi connectivity index (χ0n) is 11.7. The number of sulfonamides is 1. The first-order valence-electron chi connectivity index (χ1n) is 6.76. The molecule has 0 spiro atoms. The van der Waals surface area contributed by atoms with Gasteiger partial charge in [-0.3, -0.25) is 4.98 Å². The van der Waals surface area contributed by atoms with E-state index in [1.807, 2.05) is 42.5 Å². The molecule has 2 N–H and O–H groups in total. The molecule has 0 bridgehead atoms. The molecule has 0 saturated heterocycles. The summed E-state index contributed by atoms with van der Waals surface area (Å²) < 4.78 is 26.3. The van der Waals surface area contributed by atoms with Gasteiger partial charge in [-0.05, 0) is 17.2 Å². The monoisotopic (exact) mass is 305 g/mol. The van der Waals surface area contributed by atoms with Crippen molar-refractivity contribution in [2.75, 3.05) is 12.3 Å². The van der Waals surface area contributed by atoms with Gasteiger partial charge in [-0.15, -0.1) is 0 Å². The highest BCUT2D eigenvalue weighted by Crippen LogP contribution is 1.99. The fraction of sp³-hybridized carbons (Fsp3) is 0.267. The first-order valence-corrected chi connectivity index (χ1v) is 8.42. The second-order valence-electron chi connectivity index (χ2n) is 4.66. The Kier molecular flexibility index (Phi) is 5.86. The van der Waals surface area contributed by atoms with Gasteiger partial charge in [0.1, 0.15) is 0 Å². The van der Waals surface area contributed by atoms with Crippen LogP contribution in [0.4, 0.5) is 0 Å². The van der Waals surface area contributed by atoms with Crippen molar-refractivity contribution >= 4 is 10.0 Å².